The van der Waals surface area contributed by atoms with Crippen molar-refractivity contribution >= 4 is 5.78 Å². The Bertz CT molecular complexity index is 493. The predicted molar refractivity (Wildman–Crippen MR) is 93.8 cm³/mol. The monoisotopic (exact) mass is 335 g/mol. The number of carbonyl (C=O) groups is 1. The summed E-state index contributed by atoms with van der Waals surface area (Å²) < 4.78 is 17.0. The van der Waals surface area contributed by atoms with E-state index in [0.717, 1.165) is 30.9 Å². The van der Waals surface area contributed by atoms with Crippen LogP contribution in [0.2, 0.25) is 0 Å². The van der Waals surface area contributed by atoms with Crippen molar-refractivity contribution in [2.75, 3.05) is 39.5 Å². The van der Waals surface area contributed by atoms with Crippen LogP contribution in [0.25, 0.3) is 0 Å². The highest BCUT2D eigenvalue weighted by molar-refractivity contribution is 5.95. The molecule has 1 aromatic carbocycles. The van der Waals surface area contributed by atoms with Gasteiger partial charge in [0.05, 0.1) is 25.4 Å². The van der Waals surface area contributed by atoms with Gasteiger partial charge in [-0.2, -0.15) is 0 Å². The molecule has 0 amide bonds. The van der Waals surface area contributed by atoms with E-state index < -0.39 is 0 Å². The number of Topliss-reactive ketones (excluding diaryl/α,β-unsaturated/α-hetero) is 1. The third-order valence-electron chi connectivity index (χ3n) is 4.04. The van der Waals surface area contributed by atoms with E-state index in [9.17, 15) is 4.79 Å². The molecule has 1 aliphatic heterocycles. The topological polar surface area (TPSA) is 48.0 Å². The maximum absolute atomic E-state index is 11.6. The van der Waals surface area contributed by atoms with Crippen molar-refractivity contribution in [2.24, 2.45) is 0 Å². The van der Waals surface area contributed by atoms with Crippen LogP contribution in [-0.4, -0.2) is 62.3 Å². The van der Waals surface area contributed by atoms with Gasteiger partial charge < -0.3 is 14.2 Å². The lowest BCUT2D eigenvalue weighted by molar-refractivity contribution is -0.0734. The Labute approximate surface area is 144 Å². The Kier molecular flexibility index (Phi) is 7.69. The van der Waals surface area contributed by atoms with E-state index >= 15 is 0 Å². The minimum atomic E-state index is 0.150. The van der Waals surface area contributed by atoms with Crippen LogP contribution in [0, 0.1) is 0 Å². The van der Waals surface area contributed by atoms with Crippen molar-refractivity contribution < 1.29 is 19.0 Å². The van der Waals surface area contributed by atoms with E-state index in [4.69, 9.17) is 14.2 Å². The average Bonchev–Trinajstić information content (AvgIpc) is 2.57. The highest BCUT2D eigenvalue weighted by atomic mass is 16.5. The van der Waals surface area contributed by atoms with Gasteiger partial charge in [0, 0.05) is 31.6 Å². The third-order valence-corrected chi connectivity index (χ3v) is 4.04. The number of hydrogen-bond donors (Lipinski definition) is 0. The molecule has 24 heavy (non-hydrogen) atoms. The SMILES string of the molecule is CCC(=O)c1ccc(OCCOCCN2C[C@@H](C)O[C@H](C)C2)cc1. The molecule has 134 valence electrons. The molecule has 0 saturated carbocycles. The third kappa shape index (κ3) is 6.23. The lowest BCUT2D eigenvalue weighted by atomic mass is 10.1. The molecular formula is C19H29NO4. The molecule has 1 aromatic rings. The van der Waals surface area contributed by atoms with Crippen LogP contribution < -0.4 is 4.74 Å². The fourth-order valence-electron chi connectivity index (χ4n) is 2.92. The van der Waals surface area contributed by atoms with Gasteiger partial charge >= 0.3 is 0 Å². The molecule has 1 fully saturated rings. The van der Waals surface area contributed by atoms with Crippen molar-refractivity contribution in [1.82, 2.24) is 4.90 Å². The first-order chi connectivity index (χ1) is 11.6. The molecule has 0 N–H and O–H groups in total. The maximum Gasteiger partial charge on any atom is 0.162 e. The van der Waals surface area contributed by atoms with Gasteiger partial charge in [-0.25, -0.2) is 0 Å². The second-order valence-corrected chi connectivity index (χ2v) is 6.28. The quantitative estimate of drug-likeness (QED) is 0.513. The molecular weight excluding hydrogens is 306 g/mol. The van der Waals surface area contributed by atoms with Crippen molar-refractivity contribution in [3.05, 3.63) is 29.8 Å². The van der Waals surface area contributed by atoms with Crippen LogP contribution in [0.5, 0.6) is 5.75 Å². The Balaban J connectivity index is 1.57. The van der Waals surface area contributed by atoms with E-state index in [-0.39, 0.29) is 5.78 Å². The zero-order valence-corrected chi connectivity index (χ0v) is 15.0. The number of hydrogen-bond acceptors (Lipinski definition) is 5. The fourth-order valence-corrected chi connectivity index (χ4v) is 2.92. The minimum absolute atomic E-state index is 0.150. The standard InChI is InChI=1S/C19H29NO4/c1-4-19(21)17-5-7-18(8-6-17)23-12-11-22-10-9-20-13-15(2)24-16(3)14-20/h5-8,15-16H,4,9-14H2,1-3H3/t15-,16-/m1/s1. The van der Waals surface area contributed by atoms with Gasteiger partial charge in [0.25, 0.3) is 0 Å². The number of carbonyl (C=O) groups excluding carboxylic acids is 1. The Hall–Kier alpha value is -1.43. The average molecular weight is 335 g/mol. The zero-order valence-electron chi connectivity index (χ0n) is 15.0. The van der Waals surface area contributed by atoms with Crippen LogP contribution in [0.15, 0.2) is 24.3 Å². The van der Waals surface area contributed by atoms with Gasteiger partial charge in [-0.3, -0.25) is 9.69 Å². The number of benzene rings is 1. The van der Waals surface area contributed by atoms with E-state index in [1.807, 2.05) is 31.2 Å². The number of ketones is 1. The zero-order chi connectivity index (χ0) is 17.4. The summed E-state index contributed by atoms with van der Waals surface area (Å²) in [7, 11) is 0. The van der Waals surface area contributed by atoms with Gasteiger partial charge in [0.1, 0.15) is 12.4 Å². The van der Waals surface area contributed by atoms with Crippen molar-refractivity contribution in [3.8, 4) is 5.75 Å². The molecule has 1 aliphatic rings. The predicted octanol–water partition coefficient (Wildman–Crippen LogP) is 2.78. The first-order valence-corrected chi connectivity index (χ1v) is 8.80. The second kappa shape index (κ2) is 9.77. The molecule has 2 atom stereocenters. The summed E-state index contributed by atoms with van der Waals surface area (Å²) in [4.78, 5) is 13.9. The summed E-state index contributed by atoms with van der Waals surface area (Å²) in [6, 6.07) is 7.28. The van der Waals surface area contributed by atoms with E-state index in [1.54, 1.807) is 0 Å². The summed E-state index contributed by atoms with van der Waals surface area (Å²) in [5.41, 5.74) is 0.732. The smallest absolute Gasteiger partial charge is 0.162 e. The molecule has 0 aromatic heterocycles. The largest absolute Gasteiger partial charge is 0.491 e. The summed E-state index contributed by atoms with van der Waals surface area (Å²) in [5, 5.41) is 0. The first kappa shape index (κ1) is 18.9. The highest BCUT2D eigenvalue weighted by Gasteiger charge is 2.21. The van der Waals surface area contributed by atoms with Crippen molar-refractivity contribution in [1.29, 1.82) is 0 Å². The van der Waals surface area contributed by atoms with Gasteiger partial charge in [0.2, 0.25) is 0 Å². The van der Waals surface area contributed by atoms with Gasteiger partial charge in [-0.1, -0.05) is 6.92 Å². The van der Waals surface area contributed by atoms with Crippen LogP contribution in [0.1, 0.15) is 37.6 Å². The van der Waals surface area contributed by atoms with E-state index in [2.05, 4.69) is 18.7 Å². The Morgan fingerprint density at radius 2 is 1.79 bits per heavy atom. The van der Waals surface area contributed by atoms with Crippen molar-refractivity contribution in [2.45, 2.75) is 39.4 Å². The Morgan fingerprint density at radius 1 is 1.12 bits per heavy atom. The molecule has 0 unspecified atom stereocenters. The van der Waals surface area contributed by atoms with E-state index in [1.165, 1.54) is 0 Å². The van der Waals surface area contributed by atoms with Crippen LogP contribution in [0.4, 0.5) is 0 Å². The summed E-state index contributed by atoms with van der Waals surface area (Å²) in [6.07, 6.45) is 1.11. The number of morpholine rings is 1. The van der Waals surface area contributed by atoms with Crippen molar-refractivity contribution in [3.63, 3.8) is 0 Å². The molecule has 0 spiro atoms. The van der Waals surface area contributed by atoms with Gasteiger partial charge in [0.15, 0.2) is 5.78 Å². The second-order valence-electron chi connectivity index (χ2n) is 6.28. The fraction of sp³-hybridized carbons (Fsp3) is 0.632. The summed E-state index contributed by atoms with van der Waals surface area (Å²) in [5.74, 6) is 0.915. The highest BCUT2D eigenvalue weighted by Crippen LogP contribution is 2.13. The minimum Gasteiger partial charge on any atom is -0.491 e. The first-order valence-electron chi connectivity index (χ1n) is 8.80. The summed E-state index contributed by atoms with van der Waals surface area (Å²) >= 11 is 0. The molecule has 1 saturated heterocycles. The molecule has 2 rings (SSSR count). The molecule has 0 radical (unpaired) electrons. The molecule has 5 heteroatoms. The van der Waals surface area contributed by atoms with E-state index in [0.29, 0.717) is 38.4 Å². The number of ether oxygens (including phenoxy) is 3. The van der Waals surface area contributed by atoms with Gasteiger partial charge in [-0.05, 0) is 38.1 Å². The molecule has 1 heterocycles. The van der Waals surface area contributed by atoms with Crippen LogP contribution >= 0.6 is 0 Å². The number of nitrogens with zero attached hydrogens (tertiary/aromatic N) is 1. The molecule has 5 nitrogen and oxygen atoms in total. The van der Waals surface area contributed by atoms with Crippen LogP contribution in [0.3, 0.4) is 0 Å². The van der Waals surface area contributed by atoms with Gasteiger partial charge in [-0.15, -0.1) is 0 Å². The normalized spacial score (nSPS) is 21.6. The van der Waals surface area contributed by atoms with Crippen LogP contribution in [-0.2, 0) is 9.47 Å². The number of rotatable bonds is 9. The lowest BCUT2D eigenvalue weighted by Crippen LogP contribution is -2.46. The lowest BCUT2D eigenvalue weighted by Gasteiger charge is -2.35. The Morgan fingerprint density at radius 3 is 2.42 bits per heavy atom. The molecule has 0 aliphatic carbocycles. The maximum atomic E-state index is 11.6. The summed E-state index contributed by atoms with van der Waals surface area (Å²) in [6.45, 7) is 10.7. The molecule has 0 bridgehead atoms.